The smallest absolute Gasteiger partial charge is 0.243 e. The molecule has 0 aromatic heterocycles. The van der Waals surface area contributed by atoms with Crippen molar-refractivity contribution >= 4 is 28.3 Å². The molecule has 27 heavy (non-hydrogen) atoms. The first-order valence-electron chi connectivity index (χ1n) is 8.48. The van der Waals surface area contributed by atoms with Gasteiger partial charge >= 0.3 is 0 Å². The Balaban J connectivity index is 0.00000364. The number of nitrogens with zero attached hydrogens (tertiary/aromatic N) is 2. The zero-order valence-corrected chi connectivity index (χ0v) is 17.0. The van der Waals surface area contributed by atoms with Crippen LogP contribution in [0.4, 0.5) is 0 Å². The highest BCUT2D eigenvalue weighted by Crippen LogP contribution is 2.13. The number of hydrogen-bond donors (Lipinski definition) is 1. The summed E-state index contributed by atoms with van der Waals surface area (Å²) in [5.74, 6) is -0.256. The van der Waals surface area contributed by atoms with E-state index in [1.807, 2.05) is 30.3 Å². The number of nitrogens with two attached hydrogens (primary N) is 1. The molecule has 8 heteroatoms. The summed E-state index contributed by atoms with van der Waals surface area (Å²) in [5.41, 5.74) is 6.74. The van der Waals surface area contributed by atoms with Gasteiger partial charge in [0.15, 0.2) is 0 Å². The molecular formula is C19H26ClN3O3S. The van der Waals surface area contributed by atoms with Gasteiger partial charge in [0.2, 0.25) is 15.9 Å². The van der Waals surface area contributed by atoms with Crippen LogP contribution in [0, 0.1) is 0 Å². The standard InChI is InChI=1S/C19H25N3O3S.ClH/c1-21(26(24,25)18-10-6-3-7-11-18)16-19(23)22(15-13-20)14-12-17-8-4-2-5-9-17;/h2-11H,12-16,20H2,1H3;1H. The minimum absolute atomic E-state index is 0. The first-order valence-corrected chi connectivity index (χ1v) is 9.92. The van der Waals surface area contributed by atoms with Gasteiger partial charge in [0.1, 0.15) is 0 Å². The van der Waals surface area contributed by atoms with E-state index in [1.54, 1.807) is 23.1 Å². The predicted octanol–water partition coefficient (Wildman–Crippen LogP) is 1.76. The van der Waals surface area contributed by atoms with Crippen molar-refractivity contribution in [1.29, 1.82) is 0 Å². The summed E-state index contributed by atoms with van der Waals surface area (Å²) in [6.45, 7) is 1.01. The van der Waals surface area contributed by atoms with E-state index in [2.05, 4.69) is 0 Å². The molecule has 0 unspecified atom stereocenters. The fourth-order valence-electron chi connectivity index (χ4n) is 2.57. The van der Waals surface area contributed by atoms with Crippen molar-refractivity contribution < 1.29 is 13.2 Å². The summed E-state index contributed by atoms with van der Waals surface area (Å²) in [5, 5.41) is 0. The fraction of sp³-hybridized carbons (Fsp3) is 0.316. The van der Waals surface area contributed by atoms with E-state index in [0.29, 0.717) is 26.1 Å². The Kier molecular flexibility index (Phi) is 9.45. The van der Waals surface area contributed by atoms with E-state index in [9.17, 15) is 13.2 Å². The molecular weight excluding hydrogens is 386 g/mol. The van der Waals surface area contributed by atoms with Gasteiger partial charge in [0.05, 0.1) is 11.4 Å². The molecule has 2 aromatic carbocycles. The van der Waals surface area contributed by atoms with Crippen LogP contribution in [0.25, 0.3) is 0 Å². The van der Waals surface area contributed by atoms with Crippen molar-refractivity contribution in [3.63, 3.8) is 0 Å². The topological polar surface area (TPSA) is 83.7 Å². The lowest BCUT2D eigenvalue weighted by molar-refractivity contribution is -0.131. The minimum atomic E-state index is -3.70. The van der Waals surface area contributed by atoms with Gasteiger partial charge in [-0.15, -0.1) is 12.4 Å². The summed E-state index contributed by atoms with van der Waals surface area (Å²) in [7, 11) is -2.28. The van der Waals surface area contributed by atoms with Gasteiger partial charge in [-0.25, -0.2) is 8.42 Å². The molecule has 0 aliphatic carbocycles. The van der Waals surface area contributed by atoms with Crippen LogP contribution in [0.1, 0.15) is 5.56 Å². The summed E-state index contributed by atoms with van der Waals surface area (Å²) in [6.07, 6.45) is 0.696. The molecule has 0 spiro atoms. The number of amides is 1. The van der Waals surface area contributed by atoms with Crippen LogP contribution >= 0.6 is 12.4 Å². The van der Waals surface area contributed by atoms with Gasteiger partial charge in [0, 0.05) is 26.7 Å². The lowest BCUT2D eigenvalue weighted by atomic mass is 10.1. The molecule has 2 aromatic rings. The molecule has 0 aliphatic heterocycles. The number of halogens is 1. The second-order valence-electron chi connectivity index (χ2n) is 5.98. The Morgan fingerprint density at radius 2 is 1.52 bits per heavy atom. The van der Waals surface area contributed by atoms with Gasteiger partial charge in [0.25, 0.3) is 0 Å². The van der Waals surface area contributed by atoms with Crippen LogP contribution in [0.2, 0.25) is 0 Å². The quantitative estimate of drug-likeness (QED) is 0.681. The molecule has 2 rings (SSSR count). The van der Waals surface area contributed by atoms with E-state index >= 15 is 0 Å². The van der Waals surface area contributed by atoms with Crippen molar-refractivity contribution in [3.05, 3.63) is 66.2 Å². The van der Waals surface area contributed by atoms with Crippen LogP contribution < -0.4 is 5.73 Å². The van der Waals surface area contributed by atoms with Gasteiger partial charge in [-0.3, -0.25) is 4.79 Å². The first kappa shape index (κ1) is 23.1. The van der Waals surface area contributed by atoms with Crippen LogP contribution in [0.15, 0.2) is 65.6 Å². The van der Waals surface area contributed by atoms with Gasteiger partial charge in [-0.2, -0.15) is 4.31 Å². The van der Waals surface area contributed by atoms with Crippen molar-refractivity contribution in [2.75, 3.05) is 33.2 Å². The molecule has 6 nitrogen and oxygen atoms in total. The number of carbonyl (C=O) groups is 1. The second-order valence-corrected chi connectivity index (χ2v) is 8.02. The Hall–Kier alpha value is -1.93. The number of likely N-dealkylation sites (N-methyl/N-ethyl adjacent to an activating group) is 1. The molecule has 148 valence electrons. The summed E-state index contributed by atoms with van der Waals surface area (Å²) in [6, 6.07) is 17.9. The largest absolute Gasteiger partial charge is 0.340 e. The Bertz CT molecular complexity index is 801. The molecule has 0 atom stereocenters. The SMILES string of the molecule is CN(CC(=O)N(CCN)CCc1ccccc1)S(=O)(=O)c1ccccc1.Cl. The molecule has 0 saturated carbocycles. The second kappa shape index (κ2) is 11.0. The van der Waals surface area contributed by atoms with Gasteiger partial charge in [-0.1, -0.05) is 48.5 Å². The summed E-state index contributed by atoms with van der Waals surface area (Å²) in [4.78, 5) is 14.4. The molecule has 2 N–H and O–H groups in total. The van der Waals surface area contributed by atoms with Crippen LogP contribution in [-0.4, -0.2) is 56.8 Å². The molecule has 0 fully saturated rings. The summed E-state index contributed by atoms with van der Waals surface area (Å²) >= 11 is 0. The van der Waals surface area contributed by atoms with Crippen LogP contribution in [0.3, 0.4) is 0 Å². The Morgan fingerprint density at radius 3 is 2.07 bits per heavy atom. The zero-order valence-electron chi connectivity index (χ0n) is 15.3. The van der Waals surface area contributed by atoms with Gasteiger partial charge in [-0.05, 0) is 24.1 Å². The third kappa shape index (κ3) is 6.62. The van der Waals surface area contributed by atoms with Crippen molar-refractivity contribution in [2.24, 2.45) is 5.73 Å². The molecule has 0 bridgehead atoms. The van der Waals surface area contributed by atoms with E-state index in [1.165, 1.54) is 19.2 Å². The van der Waals surface area contributed by atoms with Crippen molar-refractivity contribution in [3.8, 4) is 0 Å². The number of rotatable bonds is 9. The van der Waals surface area contributed by atoms with Crippen molar-refractivity contribution in [1.82, 2.24) is 9.21 Å². The highest BCUT2D eigenvalue weighted by Gasteiger charge is 2.24. The maximum atomic E-state index is 12.6. The fourth-order valence-corrected chi connectivity index (χ4v) is 3.72. The van der Waals surface area contributed by atoms with Crippen molar-refractivity contribution in [2.45, 2.75) is 11.3 Å². The monoisotopic (exact) mass is 411 g/mol. The van der Waals surface area contributed by atoms with E-state index in [4.69, 9.17) is 5.73 Å². The number of carbonyl (C=O) groups excluding carboxylic acids is 1. The average molecular weight is 412 g/mol. The first-order chi connectivity index (χ1) is 12.4. The number of sulfonamides is 1. The lowest BCUT2D eigenvalue weighted by Gasteiger charge is -2.25. The maximum absolute atomic E-state index is 12.6. The van der Waals surface area contributed by atoms with E-state index in [0.717, 1.165) is 9.87 Å². The zero-order chi connectivity index (χ0) is 19.0. The van der Waals surface area contributed by atoms with E-state index in [-0.39, 0.29) is 29.8 Å². The maximum Gasteiger partial charge on any atom is 0.243 e. The highest BCUT2D eigenvalue weighted by atomic mass is 35.5. The third-order valence-corrected chi connectivity index (χ3v) is 5.89. The molecule has 0 aliphatic rings. The Morgan fingerprint density at radius 1 is 0.963 bits per heavy atom. The molecule has 0 heterocycles. The lowest BCUT2D eigenvalue weighted by Crippen LogP contribution is -2.43. The predicted molar refractivity (Wildman–Crippen MR) is 109 cm³/mol. The normalized spacial score (nSPS) is 11.1. The number of benzene rings is 2. The average Bonchev–Trinajstić information content (AvgIpc) is 2.66. The highest BCUT2D eigenvalue weighted by molar-refractivity contribution is 7.89. The van der Waals surface area contributed by atoms with Crippen LogP contribution in [0.5, 0.6) is 0 Å². The molecule has 0 saturated heterocycles. The Labute approximate surface area is 167 Å². The number of hydrogen-bond acceptors (Lipinski definition) is 4. The summed E-state index contributed by atoms with van der Waals surface area (Å²) < 4.78 is 26.2. The molecule has 0 radical (unpaired) electrons. The van der Waals surface area contributed by atoms with Gasteiger partial charge < -0.3 is 10.6 Å². The van der Waals surface area contributed by atoms with Crippen LogP contribution in [-0.2, 0) is 21.2 Å². The third-order valence-electron chi connectivity index (χ3n) is 4.07. The molecule has 1 amide bonds. The van der Waals surface area contributed by atoms with E-state index < -0.39 is 10.0 Å². The minimum Gasteiger partial charge on any atom is -0.340 e.